The molecule has 116 valence electrons. The zero-order valence-corrected chi connectivity index (χ0v) is 12.8. The van der Waals surface area contributed by atoms with Gasteiger partial charge in [0, 0.05) is 36.3 Å². The number of nitrogens with zero attached hydrogens (tertiary/aromatic N) is 2. The maximum atomic E-state index is 12.6. The molecule has 1 unspecified atom stereocenters. The highest BCUT2D eigenvalue weighted by molar-refractivity contribution is 5.96. The lowest BCUT2D eigenvalue weighted by Crippen LogP contribution is -2.47. The average Bonchev–Trinajstić information content (AvgIpc) is 2.46. The van der Waals surface area contributed by atoms with Gasteiger partial charge in [-0.2, -0.15) is 0 Å². The van der Waals surface area contributed by atoms with E-state index in [1.807, 2.05) is 0 Å². The number of carbonyl (C=O) groups is 1. The lowest BCUT2D eigenvalue weighted by Gasteiger charge is -2.35. The van der Waals surface area contributed by atoms with Crippen LogP contribution in [-0.2, 0) is 0 Å². The molecule has 2 N–H and O–H groups in total. The Kier molecular flexibility index (Phi) is 6.11. The van der Waals surface area contributed by atoms with Gasteiger partial charge in [-0.05, 0) is 32.3 Å². The minimum Gasteiger partial charge on any atom is -0.334 e. The van der Waals surface area contributed by atoms with Crippen molar-refractivity contribution in [3.8, 4) is 0 Å². The van der Waals surface area contributed by atoms with Crippen molar-refractivity contribution in [2.45, 2.75) is 32.2 Å². The van der Waals surface area contributed by atoms with E-state index in [9.17, 15) is 14.9 Å². The summed E-state index contributed by atoms with van der Waals surface area (Å²) in [7, 11) is 0. The van der Waals surface area contributed by atoms with E-state index in [0.717, 1.165) is 19.3 Å². The number of halogens is 1. The third-order valence-corrected chi connectivity index (χ3v) is 3.89. The van der Waals surface area contributed by atoms with Gasteiger partial charge in [-0.1, -0.05) is 6.07 Å². The van der Waals surface area contributed by atoms with Crippen LogP contribution in [0.4, 0.5) is 5.69 Å². The van der Waals surface area contributed by atoms with Gasteiger partial charge in [-0.3, -0.25) is 14.9 Å². The quantitative estimate of drug-likeness (QED) is 0.684. The molecule has 0 aromatic heterocycles. The van der Waals surface area contributed by atoms with Crippen LogP contribution in [0.5, 0.6) is 0 Å². The Hall–Kier alpha value is -1.66. The molecule has 1 atom stereocenters. The second kappa shape index (κ2) is 7.38. The molecule has 0 aliphatic carbocycles. The largest absolute Gasteiger partial charge is 0.334 e. The number of nitro groups is 1. The van der Waals surface area contributed by atoms with E-state index in [0.29, 0.717) is 24.2 Å². The average molecular weight is 314 g/mol. The number of nitro benzene ring substituents is 1. The highest BCUT2D eigenvalue weighted by Gasteiger charge is 2.28. The van der Waals surface area contributed by atoms with Gasteiger partial charge < -0.3 is 10.6 Å². The molecule has 2 rings (SSSR count). The number of piperidine rings is 1. The maximum absolute atomic E-state index is 12.6. The topological polar surface area (TPSA) is 89.5 Å². The molecular formula is C14H20ClN3O3. The van der Waals surface area contributed by atoms with Crippen LogP contribution in [0.2, 0.25) is 0 Å². The van der Waals surface area contributed by atoms with Crippen molar-refractivity contribution in [1.29, 1.82) is 0 Å². The number of carbonyl (C=O) groups excluding carboxylic acids is 1. The number of hydrogen-bond acceptors (Lipinski definition) is 4. The van der Waals surface area contributed by atoms with E-state index in [-0.39, 0.29) is 30.0 Å². The molecule has 1 fully saturated rings. The third kappa shape index (κ3) is 3.51. The van der Waals surface area contributed by atoms with Gasteiger partial charge in [0.15, 0.2) is 0 Å². The molecule has 0 saturated carbocycles. The van der Waals surface area contributed by atoms with Crippen molar-refractivity contribution >= 4 is 24.0 Å². The Bertz CT molecular complexity index is 536. The van der Waals surface area contributed by atoms with E-state index in [4.69, 9.17) is 5.73 Å². The number of rotatable bonds is 3. The van der Waals surface area contributed by atoms with Crippen molar-refractivity contribution in [2.24, 2.45) is 5.73 Å². The molecule has 1 aromatic rings. The van der Waals surface area contributed by atoms with E-state index in [2.05, 4.69) is 0 Å². The van der Waals surface area contributed by atoms with Gasteiger partial charge in [0.1, 0.15) is 0 Å². The molecule has 1 heterocycles. The minimum absolute atomic E-state index is 0. The summed E-state index contributed by atoms with van der Waals surface area (Å²) in [6.07, 6.45) is 2.92. The Morgan fingerprint density at radius 3 is 2.81 bits per heavy atom. The monoisotopic (exact) mass is 313 g/mol. The number of hydrogen-bond donors (Lipinski definition) is 1. The summed E-state index contributed by atoms with van der Waals surface area (Å²) >= 11 is 0. The molecule has 0 bridgehead atoms. The summed E-state index contributed by atoms with van der Waals surface area (Å²) in [5.41, 5.74) is 6.53. The van der Waals surface area contributed by atoms with Crippen molar-refractivity contribution in [3.63, 3.8) is 0 Å². The van der Waals surface area contributed by atoms with Gasteiger partial charge in [0.05, 0.1) is 4.92 Å². The number of amides is 1. The second-order valence-electron chi connectivity index (χ2n) is 5.09. The summed E-state index contributed by atoms with van der Waals surface area (Å²) in [5.74, 6) is -0.152. The molecule has 21 heavy (non-hydrogen) atoms. The van der Waals surface area contributed by atoms with Crippen LogP contribution in [0.25, 0.3) is 0 Å². The van der Waals surface area contributed by atoms with Gasteiger partial charge in [-0.25, -0.2) is 0 Å². The van der Waals surface area contributed by atoms with Crippen molar-refractivity contribution in [1.82, 2.24) is 4.90 Å². The first-order valence-corrected chi connectivity index (χ1v) is 6.81. The van der Waals surface area contributed by atoms with Crippen LogP contribution < -0.4 is 5.73 Å². The molecule has 0 spiro atoms. The molecule has 1 aliphatic heterocycles. The standard InChI is InChI=1S/C14H19N3O3.ClH/c1-10-12(6-4-7-13(10)17(19)20)14(18)16-8-3-2-5-11(16)9-15;/h4,6-7,11H,2-3,5,8-9,15H2,1H3;1H. The van der Waals surface area contributed by atoms with Crippen LogP contribution in [-0.4, -0.2) is 34.9 Å². The predicted octanol–water partition coefficient (Wildman–Crippen LogP) is 2.28. The fourth-order valence-electron chi connectivity index (χ4n) is 2.72. The van der Waals surface area contributed by atoms with Crippen LogP contribution in [0, 0.1) is 17.0 Å². The molecule has 0 radical (unpaired) electrons. The van der Waals surface area contributed by atoms with Gasteiger partial charge in [0.25, 0.3) is 11.6 Å². The second-order valence-corrected chi connectivity index (χ2v) is 5.09. The van der Waals surface area contributed by atoms with Gasteiger partial charge in [-0.15, -0.1) is 12.4 Å². The summed E-state index contributed by atoms with van der Waals surface area (Å²) in [5, 5.41) is 11.0. The van der Waals surface area contributed by atoms with Gasteiger partial charge in [0.2, 0.25) is 0 Å². The molecule has 1 amide bonds. The molecule has 1 aromatic carbocycles. The van der Waals surface area contributed by atoms with Crippen LogP contribution in [0.1, 0.15) is 35.2 Å². The van der Waals surface area contributed by atoms with Crippen LogP contribution in [0.3, 0.4) is 0 Å². The van der Waals surface area contributed by atoms with E-state index in [1.165, 1.54) is 6.07 Å². The Labute approximate surface area is 129 Å². The Balaban J connectivity index is 0.00000220. The zero-order chi connectivity index (χ0) is 14.7. The summed E-state index contributed by atoms with van der Waals surface area (Å²) < 4.78 is 0. The first kappa shape index (κ1) is 17.4. The lowest BCUT2D eigenvalue weighted by molar-refractivity contribution is -0.385. The summed E-state index contributed by atoms with van der Waals surface area (Å²) in [6, 6.07) is 4.66. The fourth-order valence-corrected chi connectivity index (χ4v) is 2.72. The van der Waals surface area contributed by atoms with Crippen molar-refractivity contribution in [2.75, 3.05) is 13.1 Å². The van der Waals surface area contributed by atoms with Crippen LogP contribution >= 0.6 is 12.4 Å². The highest BCUT2D eigenvalue weighted by atomic mass is 35.5. The summed E-state index contributed by atoms with van der Waals surface area (Å²) in [6.45, 7) is 2.72. The SMILES string of the molecule is Cc1c(C(=O)N2CCCCC2CN)cccc1[N+](=O)[O-].Cl. The van der Waals surface area contributed by atoms with E-state index in [1.54, 1.807) is 24.0 Å². The maximum Gasteiger partial charge on any atom is 0.273 e. The minimum atomic E-state index is -0.456. The molecular weight excluding hydrogens is 294 g/mol. The zero-order valence-electron chi connectivity index (χ0n) is 11.9. The number of benzene rings is 1. The summed E-state index contributed by atoms with van der Waals surface area (Å²) in [4.78, 5) is 24.9. The first-order chi connectivity index (χ1) is 9.56. The first-order valence-electron chi connectivity index (χ1n) is 6.81. The number of nitrogens with two attached hydrogens (primary N) is 1. The van der Waals surface area contributed by atoms with E-state index < -0.39 is 4.92 Å². The third-order valence-electron chi connectivity index (χ3n) is 3.89. The molecule has 1 saturated heterocycles. The Morgan fingerprint density at radius 2 is 2.19 bits per heavy atom. The molecule has 6 nitrogen and oxygen atoms in total. The van der Waals surface area contributed by atoms with E-state index >= 15 is 0 Å². The molecule has 1 aliphatic rings. The smallest absolute Gasteiger partial charge is 0.273 e. The molecule has 7 heteroatoms. The van der Waals surface area contributed by atoms with Crippen molar-refractivity contribution < 1.29 is 9.72 Å². The normalized spacial score (nSPS) is 18.0. The lowest BCUT2D eigenvalue weighted by atomic mass is 9.99. The van der Waals surface area contributed by atoms with Crippen molar-refractivity contribution in [3.05, 3.63) is 39.4 Å². The van der Waals surface area contributed by atoms with Crippen LogP contribution in [0.15, 0.2) is 18.2 Å². The Morgan fingerprint density at radius 1 is 1.48 bits per heavy atom. The number of likely N-dealkylation sites (tertiary alicyclic amines) is 1. The predicted molar refractivity (Wildman–Crippen MR) is 82.8 cm³/mol. The highest BCUT2D eigenvalue weighted by Crippen LogP contribution is 2.25. The van der Waals surface area contributed by atoms with Gasteiger partial charge >= 0.3 is 0 Å². The fraction of sp³-hybridized carbons (Fsp3) is 0.500.